The van der Waals surface area contributed by atoms with Crippen molar-refractivity contribution in [3.63, 3.8) is 0 Å². The molecule has 0 rings (SSSR count). The molecule has 0 aliphatic carbocycles. The van der Waals surface area contributed by atoms with Gasteiger partial charge in [-0.2, -0.15) is 5.26 Å². The third-order valence-corrected chi connectivity index (χ3v) is 2.19. The van der Waals surface area contributed by atoms with Gasteiger partial charge in [-0.3, -0.25) is 0 Å². The number of ether oxygens (including phenoxy) is 1. The third kappa shape index (κ3) is 9.71. The molecule has 3 nitrogen and oxygen atoms in total. The van der Waals surface area contributed by atoms with E-state index in [-0.39, 0.29) is 5.41 Å². The van der Waals surface area contributed by atoms with Crippen molar-refractivity contribution in [3.05, 3.63) is 0 Å². The topological polar surface area (TPSA) is 45.0 Å². The van der Waals surface area contributed by atoms with E-state index in [1.54, 1.807) is 0 Å². The number of rotatable bonds is 8. The molecule has 88 valence electrons. The molecule has 0 aromatic heterocycles. The summed E-state index contributed by atoms with van der Waals surface area (Å²) >= 11 is 0. The van der Waals surface area contributed by atoms with E-state index in [1.165, 1.54) is 0 Å². The molecular weight excluding hydrogens is 188 g/mol. The maximum absolute atomic E-state index is 8.81. The van der Waals surface area contributed by atoms with Crippen molar-refractivity contribution >= 4 is 0 Å². The van der Waals surface area contributed by atoms with Crippen LogP contribution < -0.4 is 5.32 Å². The highest BCUT2D eigenvalue weighted by Gasteiger charge is 2.14. The zero-order chi connectivity index (χ0) is 11.7. The quantitative estimate of drug-likeness (QED) is 0.628. The smallest absolute Gasteiger partial charge is 0.0683 e. The predicted octanol–water partition coefficient (Wildman–Crippen LogP) is 2.33. The lowest BCUT2D eigenvalue weighted by Crippen LogP contribution is -2.23. The van der Waals surface area contributed by atoms with Gasteiger partial charge in [-0.1, -0.05) is 0 Å². The largest absolute Gasteiger partial charge is 0.377 e. The minimum absolute atomic E-state index is 0.184. The van der Waals surface area contributed by atoms with Crippen LogP contribution in [-0.2, 0) is 4.74 Å². The maximum Gasteiger partial charge on any atom is 0.0683 e. The van der Waals surface area contributed by atoms with Gasteiger partial charge in [0, 0.05) is 6.54 Å². The predicted molar refractivity (Wildman–Crippen MR) is 62.6 cm³/mol. The first kappa shape index (κ1) is 14.4. The molecule has 0 aromatic rings. The normalized spacial score (nSPS) is 11.7. The van der Waals surface area contributed by atoms with Crippen molar-refractivity contribution < 1.29 is 4.74 Å². The number of nitrogens with one attached hydrogen (secondary N) is 1. The number of hydrogen-bond donors (Lipinski definition) is 1. The fourth-order valence-corrected chi connectivity index (χ4v) is 1.20. The Kier molecular flexibility index (Phi) is 7.37. The van der Waals surface area contributed by atoms with Gasteiger partial charge in [0.15, 0.2) is 0 Å². The van der Waals surface area contributed by atoms with Crippen LogP contribution in [0.4, 0.5) is 0 Å². The van der Waals surface area contributed by atoms with Crippen LogP contribution in [0.3, 0.4) is 0 Å². The van der Waals surface area contributed by atoms with Crippen LogP contribution in [0.1, 0.15) is 40.5 Å². The molecule has 0 fully saturated rings. The zero-order valence-corrected chi connectivity index (χ0v) is 10.5. The lowest BCUT2D eigenvalue weighted by atomic mass is 9.90. The lowest BCUT2D eigenvalue weighted by Gasteiger charge is -2.14. The van der Waals surface area contributed by atoms with Crippen LogP contribution >= 0.6 is 0 Å². The Bertz CT molecular complexity index is 194. The molecular formula is C12H24N2O. The zero-order valence-electron chi connectivity index (χ0n) is 10.5. The van der Waals surface area contributed by atoms with Crippen LogP contribution in [0.5, 0.6) is 0 Å². The van der Waals surface area contributed by atoms with Gasteiger partial charge in [0.25, 0.3) is 0 Å². The minimum atomic E-state index is -0.184. The van der Waals surface area contributed by atoms with Crippen LogP contribution in [0.15, 0.2) is 0 Å². The van der Waals surface area contributed by atoms with E-state index < -0.39 is 0 Å². The number of hydrogen-bond acceptors (Lipinski definition) is 3. The molecule has 15 heavy (non-hydrogen) atoms. The fourth-order valence-electron chi connectivity index (χ4n) is 1.20. The number of nitrogens with zero attached hydrogens (tertiary/aromatic N) is 1. The Balaban J connectivity index is 3.23. The molecule has 0 saturated carbocycles. The molecule has 0 aromatic carbocycles. The standard InChI is InChI=1S/C12H24N2O/c1-11(2)15-9-8-14-7-5-6-12(3,4)10-13/h11,14H,5-9H2,1-4H3. The molecule has 0 aliphatic rings. The summed E-state index contributed by atoms with van der Waals surface area (Å²) in [6, 6.07) is 2.31. The first-order chi connectivity index (χ1) is 6.98. The molecule has 0 amide bonds. The molecule has 0 spiro atoms. The van der Waals surface area contributed by atoms with E-state index in [0.717, 1.165) is 32.5 Å². The fraction of sp³-hybridized carbons (Fsp3) is 0.917. The Morgan fingerprint density at radius 2 is 2.00 bits per heavy atom. The highest BCUT2D eigenvalue weighted by Crippen LogP contribution is 2.19. The van der Waals surface area contributed by atoms with Crippen LogP contribution in [0, 0.1) is 16.7 Å². The second-order valence-corrected chi connectivity index (χ2v) is 4.77. The third-order valence-electron chi connectivity index (χ3n) is 2.19. The van der Waals surface area contributed by atoms with Crippen molar-refractivity contribution in [3.8, 4) is 6.07 Å². The Morgan fingerprint density at radius 3 is 2.53 bits per heavy atom. The molecule has 0 heterocycles. The Morgan fingerprint density at radius 1 is 1.33 bits per heavy atom. The van der Waals surface area contributed by atoms with Crippen molar-refractivity contribution in [2.75, 3.05) is 19.7 Å². The minimum Gasteiger partial charge on any atom is -0.377 e. The lowest BCUT2D eigenvalue weighted by molar-refractivity contribution is 0.0808. The molecule has 0 bridgehead atoms. The second-order valence-electron chi connectivity index (χ2n) is 4.77. The molecule has 0 saturated heterocycles. The van der Waals surface area contributed by atoms with Gasteiger partial charge >= 0.3 is 0 Å². The van der Waals surface area contributed by atoms with E-state index >= 15 is 0 Å². The monoisotopic (exact) mass is 212 g/mol. The summed E-state index contributed by atoms with van der Waals surface area (Å²) in [6.07, 6.45) is 2.30. The maximum atomic E-state index is 8.81. The highest BCUT2D eigenvalue weighted by molar-refractivity contribution is 4.91. The average Bonchev–Trinajstić information content (AvgIpc) is 2.16. The molecule has 0 atom stereocenters. The second kappa shape index (κ2) is 7.67. The molecule has 0 radical (unpaired) electrons. The molecule has 1 N–H and O–H groups in total. The first-order valence-corrected chi connectivity index (χ1v) is 5.71. The van der Waals surface area contributed by atoms with Gasteiger partial charge in [0.05, 0.1) is 24.2 Å². The first-order valence-electron chi connectivity index (χ1n) is 5.71. The van der Waals surface area contributed by atoms with E-state index in [1.807, 2.05) is 27.7 Å². The highest BCUT2D eigenvalue weighted by atomic mass is 16.5. The van der Waals surface area contributed by atoms with Crippen molar-refractivity contribution in [2.24, 2.45) is 5.41 Å². The van der Waals surface area contributed by atoms with Gasteiger partial charge < -0.3 is 10.1 Å². The van der Waals surface area contributed by atoms with Crippen molar-refractivity contribution in [1.82, 2.24) is 5.32 Å². The Labute approximate surface area is 93.8 Å². The van der Waals surface area contributed by atoms with Gasteiger partial charge in [-0.05, 0) is 47.1 Å². The summed E-state index contributed by atoms with van der Waals surface area (Å²) in [5.41, 5.74) is -0.184. The van der Waals surface area contributed by atoms with Crippen molar-refractivity contribution in [1.29, 1.82) is 5.26 Å². The van der Waals surface area contributed by atoms with E-state index in [2.05, 4.69) is 11.4 Å². The number of nitriles is 1. The molecule has 0 unspecified atom stereocenters. The summed E-state index contributed by atoms with van der Waals surface area (Å²) in [5, 5.41) is 12.1. The van der Waals surface area contributed by atoms with Gasteiger partial charge in [0.1, 0.15) is 0 Å². The Hall–Kier alpha value is -0.590. The van der Waals surface area contributed by atoms with Gasteiger partial charge in [0.2, 0.25) is 0 Å². The summed E-state index contributed by atoms with van der Waals surface area (Å²) in [4.78, 5) is 0. The van der Waals surface area contributed by atoms with Gasteiger partial charge in [-0.15, -0.1) is 0 Å². The summed E-state index contributed by atoms with van der Waals surface area (Å²) in [7, 11) is 0. The SMILES string of the molecule is CC(C)OCCNCCCC(C)(C)C#N. The van der Waals surface area contributed by atoms with Crippen LogP contribution in [0.25, 0.3) is 0 Å². The van der Waals surface area contributed by atoms with Crippen LogP contribution in [0.2, 0.25) is 0 Å². The van der Waals surface area contributed by atoms with Gasteiger partial charge in [-0.25, -0.2) is 0 Å². The van der Waals surface area contributed by atoms with Crippen LogP contribution in [-0.4, -0.2) is 25.8 Å². The van der Waals surface area contributed by atoms with Crippen molar-refractivity contribution in [2.45, 2.75) is 46.6 Å². The molecule has 0 aliphatic heterocycles. The summed E-state index contributed by atoms with van der Waals surface area (Å²) < 4.78 is 5.40. The average molecular weight is 212 g/mol. The summed E-state index contributed by atoms with van der Waals surface area (Å²) in [5.74, 6) is 0. The summed E-state index contributed by atoms with van der Waals surface area (Å²) in [6.45, 7) is 10.7. The molecule has 3 heteroatoms. The van der Waals surface area contributed by atoms with E-state index in [9.17, 15) is 0 Å². The van der Waals surface area contributed by atoms with E-state index in [4.69, 9.17) is 10.00 Å². The van der Waals surface area contributed by atoms with E-state index in [0.29, 0.717) is 6.10 Å².